The molecule has 0 unspecified atom stereocenters. The molecule has 6 nitrogen and oxygen atoms in total. The number of hydrogen-bond acceptors (Lipinski definition) is 4. The molecule has 2 aliphatic rings. The summed E-state index contributed by atoms with van der Waals surface area (Å²) >= 11 is 0.963. The molecule has 3 amide bonds. The van der Waals surface area contributed by atoms with Crippen LogP contribution in [0.5, 0.6) is 0 Å². The number of amides is 3. The summed E-state index contributed by atoms with van der Waals surface area (Å²) in [6.07, 6.45) is 5.73. The summed E-state index contributed by atoms with van der Waals surface area (Å²) in [7, 11) is 0. The minimum absolute atomic E-state index is 0.00932. The fraction of sp³-hybridized carbons (Fsp3) is 0.350. The zero-order valence-corrected chi connectivity index (χ0v) is 16.1. The Morgan fingerprint density at radius 1 is 1.30 bits per heavy atom. The summed E-state index contributed by atoms with van der Waals surface area (Å²) in [4.78, 5) is 38.6. The van der Waals surface area contributed by atoms with Gasteiger partial charge in [-0.1, -0.05) is 18.2 Å². The number of para-hydroxylation sites is 1. The van der Waals surface area contributed by atoms with E-state index in [-0.39, 0.29) is 29.6 Å². The van der Waals surface area contributed by atoms with Gasteiger partial charge in [-0.25, -0.2) is 0 Å². The Balaban J connectivity index is 1.67. The van der Waals surface area contributed by atoms with Crippen molar-refractivity contribution in [3.63, 3.8) is 0 Å². The molecule has 0 atom stereocenters. The van der Waals surface area contributed by atoms with E-state index < -0.39 is 0 Å². The van der Waals surface area contributed by atoms with Gasteiger partial charge in [0.05, 0.1) is 4.91 Å². The van der Waals surface area contributed by atoms with Crippen LogP contribution < -0.4 is 5.32 Å². The van der Waals surface area contributed by atoms with Crippen LogP contribution in [0.1, 0.15) is 32.3 Å². The Morgan fingerprint density at radius 3 is 2.70 bits per heavy atom. The van der Waals surface area contributed by atoms with Crippen LogP contribution in [-0.4, -0.2) is 38.6 Å². The van der Waals surface area contributed by atoms with Crippen molar-refractivity contribution in [2.75, 3.05) is 0 Å². The van der Waals surface area contributed by atoms with Crippen LogP contribution in [0.4, 0.5) is 4.79 Å². The van der Waals surface area contributed by atoms with Gasteiger partial charge in [0, 0.05) is 34.7 Å². The molecule has 2 aromatic rings. The lowest BCUT2D eigenvalue weighted by Gasteiger charge is -2.16. The Hall–Kier alpha value is -2.54. The molecule has 27 heavy (non-hydrogen) atoms. The van der Waals surface area contributed by atoms with Gasteiger partial charge in [-0.15, -0.1) is 0 Å². The van der Waals surface area contributed by atoms with Gasteiger partial charge < -0.3 is 9.88 Å². The van der Waals surface area contributed by atoms with Gasteiger partial charge in [0.25, 0.3) is 11.1 Å². The predicted octanol–water partition coefficient (Wildman–Crippen LogP) is 3.36. The zero-order chi connectivity index (χ0) is 19.1. The average molecular weight is 383 g/mol. The van der Waals surface area contributed by atoms with E-state index in [1.165, 1.54) is 4.90 Å². The monoisotopic (exact) mass is 383 g/mol. The number of hydrogen-bond donors (Lipinski definition) is 1. The predicted molar refractivity (Wildman–Crippen MR) is 106 cm³/mol. The molecule has 1 saturated carbocycles. The number of benzene rings is 1. The number of imide groups is 1. The van der Waals surface area contributed by atoms with Crippen molar-refractivity contribution in [1.29, 1.82) is 0 Å². The molecule has 1 saturated heterocycles. The maximum Gasteiger partial charge on any atom is 0.293 e. The molecule has 2 fully saturated rings. The van der Waals surface area contributed by atoms with E-state index >= 15 is 0 Å². The van der Waals surface area contributed by atoms with Gasteiger partial charge in [0.15, 0.2) is 0 Å². The van der Waals surface area contributed by atoms with E-state index in [1.54, 1.807) is 6.08 Å². The summed E-state index contributed by atoms with van der Waals surface area (Å²) in [5.74, 6) is -0.270. The molecule has 1 aromatic heterocycles. The molecule has 1 aromatic carbocycles. The van der Waals surface area contributed by atoms with Crippen LogP contribution in [0.25, 0.3) is 17.0 Å². The Labute approximate surface area is 161 Å². The maximum absolute atomic E-state index is 12.6. The largest absolute Gasteiger partial charge is 0.352 e. The number of rotatable bonds is 5. The highest BCUT2D eigenvalue weighted by Crippen LogP contribution is 2.35. The Bertz CT molecular complexity index is 972. The summed E-state index contributed by atoms with van der Waals surface area (Å²) in [5, 5.41) is 3.71. The van der Waals surface area contributed by atoms with E-state index in [2.05, 4.69) is 5.32 Å². The molecule has 1 N–H and O–H groups in total. The third kappa shape index (κ3) is 3.51. The van der Waals surface area contributed by atoms with Crippen molar-refractivity contribution in [2.24, 2.45) is 0 Å². The van der Waals surface area contributed by atoms with Crippen LogP contribution in [0.15, 0.2) is 35.4 Å². The highest BCUT2D eigenvalue weighted by atomic mass is 32.2. The molecule has 1 aliphatic heterocycles. The molecule has 0 radical (unpaired) electrons. The van der Waals surface area contributed by atoms with Crippen molar-refractivity contribution < 1.29 is 14.4 Å². The number of thioether (sulfide) groups is 1. The average Bonchev–Trinajstić information content (AvgIpc) is 3.29. The number of aromatic nitrogens is 1. The second-order valence-corrected chi connectivity index (χ2v) is 8.21. The highest BCUT2D eigenvalue weighted by molar-refractivity contribution is 8.18. The molecule has 2 heterocycles. The standard InChI is InChI=1S/C20H21N3O3S/c1-12(2)23-19(25)17(27-20(23)26)9-13-10-22(11-18(24)21-14-7-8-14)16-6-4-3-5-15(13)16/h3-6,9-10,12,14H,7-8,11H2,1-2H3,(H,21,24)/b17-9-. The third-order valence-electron chi connectivity index (χ3n) is 4.70. The lowest BCUT2D eigenvalue weighted by molar-refractivity contribution is -0.124. The van der Waals surface area contributed by atoms with Crippen LogP contribution in [-0.2, 0) is 16.1 Å². The summed E-state index contributed by atoms with van der Waals surface area (Å²) in [5.41, 5.74) is 1.76. The first-order valence-corrected chi connectivity index (χ1v) is 9.90. The first-order valence-electron chi connectivity index (χ1n) is 9.08. The second kappa shape index (κ2) is 6.88. The van der Waals surface area contributed by atoms with Gasteiger partial charge in [-0.2, -0.15) is 0 Å². The van der Waals surface area contributed by atoms with E-state index in [4.69, 9.17) is 0 Å². The molecular weight excluding hydrogens is 362 g/mol. The highest BCUT2D eigenvalue weighted by Gasteiger charge is 2.36. The van der Waals surface area contributed by atoms with Crippen molar-refractivity contribution in [1.82, 2.24) is 14.8 Å². The van der Waals surface area contributed by atoms with Crippen molar-refractivity contribution in [3.8, 4) is 0 Å². The molecule has 0 spiro atoms. The van der Waals surface area contributed by atoms with Crippen molar-refractivity contribution in [3.05, 3.63) is 40.9 Å². The molecule has 4 rings (SSSR count). The first kappa shape index (κ1) is 17.9. The smallest absolute Gasteiger partial charge is 0.293 e. The number of carbonyl (C=O) groups excluding carboxylic acids is 3. The van der Waals surface area contributed by atoms with Gasteiger partial charge in [0.1, 0.15) is 6.54 Å². The summed E-state index contributed by atoms with van der Waals surface area (Å²) in [6, 6.07) is 7.92. The molecular formula is C20H21N3O3S. The normalized spacial score (nSPS) is 18.9. The summed E-state index contributed by atoms with van der Waals surface area (Å²) < 4.78 is 1.89. The van der Waals surface area contributed by atoms with E-state index in [1.807, 2.05) is 48.9 Å². The third-order valence-corrected chi connectivity index (χ3v) is 5.59. The number of nitrogens with zero attached hydrogens (tertiary/aromatic N) is 2. The van der Waals surface area contributed by atoms with Gasteiger partial charge >= 0.3 is 0 Å². The van der Waals surface area contributed by atoms with Gasteiger partial charge in [-0.3, -0.25) is 19.3 Å². The lowest BCUT2D eigenvalue weighted by Crippen LogP contribution is -2.34. The molecule has 140 valence electrons. The quantitative estimate of drug-likeness (QED) is 0.804. The maximum atomic E-state index is 12.6. The Morgan fingerprint density at radius 2 is 2.04 bits per heavy atom. The summed E-state index contributed by atoms with van der Waals surface area (Å²) in [6.45, 7) is 3.88. The lowest BCUT2D eigenvalue weighted by atomic mass is 10.1. The number of carbonyl (C=O) groups is 3. The van der Waals surface area contributed by atoms with Crippen LogP contribution in [0, 0.1) is 0 Å². The minimum atomic E-state index is -0.261. The Kier molecular flexibility index (Phi) is 4.55. The van der Waals surface area contributed by atoms with Gasteiger partial charge in [0.2, 0.25) is 5.91 Å². The van der Waals surface area contributed by atoms with E-state index in [0.717, 1.165) is 41.1 Å². The van der Waals surface area contributed by atoms with Crippen molar-refractivity contribution in [2.45, 2.75) is 45.3 Å². The number of fused-ring (bicyclic) bond motifs is 1. The first-order chi connectivity index (χ1) is 12.9. The van der Waals surface area contributed by atoms with Crippen LogP contribution >= 0.6 is 11.8 Å². The van der Waals surface area contributed by atoms with E-state index in [9.17, 15) is 14.4 Å². The SMILES string of the molecule is CC(C)N1C(=O)S/C(=C\c2cn(CC(=O)NC3CC3)c3ccccc23)C1=O. The molecule has 1 aliphatic carbocycles. The van der Waals surface area contributed by atoms with E-state index in [0.29, 0.717) is 10.9 Å². The number of nitrogens with one attached hydrogen (secondary N) is 1. The van der Waals surface area contributed by atoms with Crippen LogP contribution in [0.2, 0.25) is 0 Å². The minimum Gasteiger partial charge on any atom is -0.352 e. The fourth-order valence-corrected chi connectivity index (χ4v) is 4.19. The second-order valence-electron chi connectivity index (χ2n) is 7.22. The van der Waals surface area contributed by atoms with Gasteiger partial charge in [-0.05, 0) is 50.6 Å². The van der Waals surface area contributed by atoms with Crippen LogP contribution in [0.3, 0.4) is 0 Å². The van der Waals surface area contributed by atoms with Crippen molar-refractivity contribution >= 4 is 45.8 Å². The molecule has 7 heteroatoms. The fourth-order valence-electron chi connectivity index (χ4n) is 3.24. The topological polar surface area (TPSA) is 71.4 Å². The zero-order valence-electron chi connectivity index (χ0n) is 15.3. The molecule has 0 bridgehead atoms.